The highest BCUT2D eigenvalue weighted by molar-refractivity contribution is 7.08. The van der Waals surface area contributed by atoms with Gasteiger partial charge in [0, 0.05) is 31.2 Å². The van der Waals surface area contributed by atoms with Gasteiger partial charge >= 0.3 is 0 Å². The summed E-state index contributed by atoms with van der Waals surface area (Å²) in [6, 6.07) is 2.51. The van der Waals surface area contributed by atoms with Crippen LogP contribution in [-0.4, -0.2) is 58.2 Å². The number of thiophene rings is 1. The number of carbonyl (C=O) groups is 1. The minimum Gasteiger partial charge on any atom is -0.334 e. The van der Waals surface area contributed by atoms with Crippen molar-refractivity contribution in [2.24, 2.45) is 7.05 Å². The second-order valence-electron chi connectivity index (χ2n) is 6.12. The van der Waals surface area contributed by atoms with E-state index in [1.54, 1.807) is 11.3 Å². The monoisotopic (exact) mass is 318 g/mol. The maximum atomic E-state index is 12.8. The summed E-state index contributed by atoms with van der Waals surface area (Å²) in [5, 5.41) is 8.15. The van der Waals surface area contributed by atoms with Gasteiger partial charge in [-0.2, -0.15) is 16.4 Å². The number of hydrogen-bond acceptors (Lipinski definition) is 4. The average Bonchev–Trinajstić information content (AvgIpc) is 3.19. The van der Waals surface area contributed by atoms with Gasteiger partial charge in [0.2, 0.25) is 0 Å². The standard InChI is InChI=1S/C16H22N4OS/c1-18(2)14-4-6-20(16(21)13-5-7-22-11-13)15(14)8-12-9-17-19(3)10-12/h5,7,9-11,14-15H,4,6,8H2,1-3H3/t14-,15+/m1/s1. The Labute approximate surface area is 135 Å². The summed E-state index contributed by atoms with van der Waals surface area (Å²) >= 11 is 1.57. The summed E-state index contributed by atoms with van der Waals surface area (Å²) in [6.45, 7) is 0.822. The first-order valence-electron chi connectivity index (χ1n) is 7.53. The maximum Gasteiger partial charge on any atom is 0.255 e. The number of rotatable bonds is 4. The first kappa shape index (κ1) is 15.2. The Balaban J connectivity index is 1.83. The van der Waals surface area contributed by atoms with Gasteiger partial charge in [-0.25, -0.2) is 0 Å². The van der Waals surface area contributed by atoms with Crippen LogP contribution >= 0.6 is 11.3 Å². The normalized spacial score (nSPS) is 21.7. The van der Waals surface area contributed by atoms with Crippen LogP contribution in [0.5, 0.6) is 0 Å². The van der Waals surface area contributed by atoms with E-state index in [9.17, 15) is 4.79 Å². The Bertz CT molecular complexity index is 634. The van der Waals surface area contributed by atoms with E-state index in [1.807, 2.05) is 45.8 Å². The number of likely N-dealkylation sites (N-methyl/N-ethyl adjacent to an activating group) is 1. The van der Waals surface area contributed by atoms with E-state index in [-0.39, 0.29) is 11.9 Å². The Morgan fingerprint density at radius 2 is 2.32 bits per heavy atom. The lowest BCUT2D eigenvalue weighted by Crippen LogP contribution is -2.45. The minimum absolute atomic E-state index is 0.152. The van der Waals surface area contributed by atoms with E-state index >= 15 is 0 Å². The van der Waals surface area contributed by atoms with Crippen molar-refractivity contribution in [3.63, 3.8) is 0 Å². The van der Waals surface area contributed by atoms with E-state index in [4.69, 9.17) is 0 Å². The molecule has 5 nitrogen and oxygen atoms in total. The molecule has 1 amide bonds. The van der Waals surface area contributed by atoms with Gasteiger partial charge in [0.05, 0.1) is 17.8 Å². The molecule has 1 fully saturated rings. The van der Waals surface area contributed by atoms with Crippen LogP contribution < -0.4 is 0 Å². The summed E-state index contributed by atoms with van der Waals surface area (Å²) in [7, 11) is 6.12. The van der Waals surface area contributed by atoms with E-state index in [0.717, 1.165) is 24.9 Å². The molecule has 3 rings (SSSR count). The second kappa shape index (κ2) is 6.22. The van der Waals surface area contributed by atoms with E-state index in [1.165, 1.54) is 5.56 Å². The predicted molar refractivity (Wildman–Crippen MR) is 88.1 cm³/mol. The van der Waals surface area contributed by atoms with Crippen LogP contribution in [0.4, 0.5) is 0 Å². The molecule has 0 aliphatic carbocycles. The van der Waals surface area contributed by atoms with Crippen molar-refractivity contribution in [1.82, 2.24) is 19.6 Å². The molecule has 2 aromatic heterocycles. The zero-order valence-electron chi connectivity index (χ0n) is 13.3. The molecular formula is C16H22N4OS. The third-order valence-electron chi connectivity index (χ3n) is 4.41. The topological polar surface area (TPSA) is 41.4 Å². The van der Waals surface area contributed by atoms with Crippen LogP contribution in [-0.2, 0) is 13.5 Å². The molecule has 0 spiro atoms. The number of aryl methyl sites for hydroxylation is 1. The Morgan fingerprint density at radius 1 is 1.50 bits per heavy atom. The SMILES string of the molecule is CN(C)[C@@H]1CCN(C(=O)c2ccsc2)[C@H]1Cc1cnn(C)c1. The van der Waals surface area contributed by atoms with Crippen LogP contribution in [0.1, 0.15) is 22.3 Å². The van der Waals surface area contributed by atoms with Gasteiger partial charge in [-0.1, -0.05) is 0 Å². The molecular weight excluding hydrogens is 296 g/mol. The molecule has 0 saturated carbocycles. The zero-order chi connectivity index (χ0) is 15.7. The summed E-state index contributed by atoms with van der Waals surface area (Å²) in [5.74, 6) is 0.152. The predicted octanol–water partition coefficient (Wildman–Crippen LogP) is 1.87. The van der Waals surface area contributed by atoms with Gasteiger partial charge in [0.1, 0.15) is 0 Å². The summed E-state index contributed by atoms with van der Waals surface area (Å²) in [4.78, 5) is 17.1. The molecule has 0 radical (unpaired) electrons. The first-order chi connectivity index (χ1) is 10.6. The number of aromatic nitrogens is 2. The largest absolute Gasteiger partial charge is 0.334 e. The van der Waals surface area contributed by atoms with E-state index < -0.39 is 0 Å². The van der Waals surface area contributed by atoms with E-state index in [2.05, 4.69) is 24.1 Å². The van der Waals surface area contributed by atoms with Crippen LogP contribution in [0, 0.1) is 0 Å². The number of hydrogen-bond donors (Lipinski definition) is 0. The molecule has 2 atom stereocenters. The summed E-state index contributed by atoms with van der Waals surface area (Å²) in [6.07, 6.45) is 5.82. The van der Waals surface area contributed by atoms with Crippen LogP contribution in [0.3, 0.4) is 0 Å². The number of amides is 1. The minimum atomic E-state index is 0.152. The van der Waals surface area contributed by atoms with Crippen molar-refractivity contribution in [2.75, 3.05) is 20.6 Å². The van der Waals surface area contributed by atoms with Crippen molar-refractivity contribution in [2.45, 2.75) is 24.9 Å². The maximum absolute atomic E-state index is 12.8. The van der Waals surface area contributed by atoms with Crippen molar-refractivity contribution in [3.05, 3.63) is 40.3 Å². The van der Waals surface area contributed by atoms with Crippen molar-refractivity contribution in [1.29, 1.82) is 0 Å². The fourth-order valence-electron chi connectivity index (χ4n) is 3.31. The Morgan fingerprint density at radius 3 is 2.91 bits per heavy atom. The molecule has 1 saturated heterocycles. The molecule has 0 bridgehead atoms. The third kappa shape index (κ3) is 2.94. The number of likely N-dealkylation sites (tertiary alicyclic amines) is 1. The molecule has 118 valence electrons. The molecule has 22 heavy (non-hydrogen) atoms. The highest BCUT2D eigenvalue weighted by Crippen LogP contribution is 2.27. The Kier molecular flexibility index (Phi) is 4.31. The molecule has 6 heteroatoms. The lowest BCUT2D eigenvalue weighted by atomic mass is 10.0. The van der Waals surface area contributed by atoms with Gasteiger partial charge in [-0.05, 0) is 43.9 Å². The van der Waals surface area contributed by atoms with Crippen LogP contribution in [0.15, 0.2) is 29.2 Å². The number of carbonyl (C=O) groups excluding carboxylic acids is 1. The van der Waals surface area contributed by atoms with Gasteiger partial charge < -0.3 is 9.80 Å². The quantitative estimate of drug-likeness (QED) is 0.864. The molecule has 0 N–H and O–H groups in total. The fraction of sp³-hybridized carbons (Fsp3) is 0.500. The van der Waals surface area contributed by atoms with Crippen LogP contribution in [0.2, 0.25) is 0 Å². The van der Waals surface area contributed by atoms with Gasteiger partial charge in [-0.3, -0.25) is 9.48 Å². The Hall–Kier alpha value is -1.66. The highest BCUT2D eigenvalue weighted by Gasteiger charge is 2.38. The second-order valence-corrected chi connectivity index (χ2v) is 6.90. The lowest BCUT2D eigenvalue weighted by molar-refractivity contribution is 0.0705. The first-order valence-corrected chi connectivity index (χ1v) is 8.47. The van der Waals surface area contributed by atoms with Gasteiger partial charge in [0.15, 0.2) is 0 Å². The summed E-state index contributed by atoms with van der Waals surface area (Å²) in [5.41, 5.74) is 1.99. The fourth-order valence-corrected chi connectivity index (χ4v) is 3.94. The lowest BCUT2D eigenvalue weighted by Gasteiger charge is -2.31. The third-order valence-corrected chi connectivity index (χ3v) is 5.09. The smallest absolute Gasteiger partial charge is 0.255 e. The van der Waals surface area contributed by atoms with Crippen molar-refractivity contribution >= 4 is 17.2 Å². The molecule has 1 aliphatic heterocycles. The van der Waals surface area contributed by atoms with Gasteiger partial charge in [0.25, 0.3) is 5.91 Å². The molecule has 2 aromatic rings. The molecule has 0 unspecified atom stereocenters. The summed E-state index contributed by atoms with van der Waals surface area (Å²) < 4.78 is 1.82. The molecule has 3 heterocycles. The van der Waals surface area contributed by atoms with Crippen molar-refractivity contribution in [3.8, 4) is 0 Å². The average molecular weight is 318 g/mol. The van der Waals surface area contributed by atoms with E-state index in [0.29, 0.717) is 6.04 Å². The molecule has 1 aliphatic rings. The number of nitrogens with zero attached hydrogens (tertiary/aromatic N) is 4. The highest BCUT2D eigenvalue weighted by atomic mass is 32.1. The molecule has 0 aromatic carbocycles. The van der Waals surface area contributed by atoms with Crippen LogP contribution in [0.25, 0.3) is 0 Å². The zero-order valence-corrected chi connectivity index (χ0v) is 14.1. The van der Waals surface area contributed by atoms with Gasteiger partial charge in [-0.15, -0.1) is 0 Å². The van der Waals surface area contributed by atoms with Crippen molar-refractivity contribution < 1.29 is 4.79 Å².